The third-order valence-electron chi connectivity index (χ3n) is 5.16. The van der Waals surface area contributed by atoms with E-state index < -0.39 is 0 Å². The van der Waals surface area contributed by atoms with E-state index in [1.807, 2.05) is 12.4 Å². The van der Waals surface area contributed by atoms with Gasteiger partial charge in [-0.25, -0.2) is 4.98 Å². The van der Waals surface area contributed by atoms with E-state index >= 15 is 0 Å². The number of imidazole rings is 1. The summed E-state index contributed by atoms with van der Waals surface area (Å²) >= 11 is 0. The molecule has 0 spiro atoms. The molecule has 4 heteroatoms. The van der Waals surface area contributed by atoms with Crippen LogP contribution in [0.1, 0.15) is 38.9 Å². The molecule has 2 rings (SSSR count). The first-order valence-corrected chi connectivity index (χ1v) is 7.37. The van der Waals surface area contributed by atoms with Gasteiger partial charge in [-0.3, -0.25) is 4.90 Å². The molecule has 1 saturated carbocycles. The molecule has 4 nitrogen and oxygen atoms in total. The molecule has 0 saturated heterocycles. The molecule has 1 aromatic rings. The summed E-state index contributed by atoms with van der Waals surface area (Å²) in [6, 6.07) is 0. The minimum Gasteiger partial charge on any atom is -0.337 e. The van der Waals surface area contributed by atoms with Crippen molar-refractivity contribution in [3.05, 3.63) is 18.2 Å². The molecule has 3 atom stereocenters. The molecule has 0 amide bonds. The highest BCUT2D eigenvalue weighted by Gasteiger charge is 2.42. The molecule has 0 radical (unpaired) electrons. The number of aromatic nitrogens is 2. The van der Waals surface area contributed by atoms with Crippen LogP contribution in [0.3, 0.4) is 0 Å². The first-order valence-electron chi connectivity index (χ1n) is 7.37. The Morgan fingerprint density at radius 1 is 1.53 bits per heavy atom. The summed E-state index contributed by atoms with van der Waals surface area (Å²) in [4.78, 5) is 6.87. The molecule has 0 aliphatic heterocycles. The Bertz CT molecular complexity index is 414. The van der Waals surface area contributed by atoms with Crippen LogP contribution in [0.2, 0.25) is 0 Å². The van der Waals surface area contributed by atoms with Crippen molar-refractivity contribution >= 4 is 0 Å². The molecule has 1 aliphatic carbocycles. The van der Waals surface area contributed by atoms with Crippen LogP contribution in [0.5, 0.6) is 0 Å². The summed E-state index contributed by atoms with van der Waals surface area (Å²) in [6.45, 7) is 6.33. The second-order valence-electron chi connectivity index (χ2n) is 6.40. The Labute approximate surface area is 117 Å². The first kappa shape index (κ1) is 14.5. The van der Waals surface area contributed by atoms with Gasteiger partial charge in [-0.15, -0.1) is 0 Å². The van der Waals surface area contributed by atoms with Gasteiger partial charge in [-0.2, -0.15) is 0 Å². The quantitative estimate of drug-likeness (QED) is 0.905. The molecular formula is C15H28N4. The average Bonchev–Trinajstić information content (AvgIpc) is 2.76. The molecule has 1 aromatic heterocycles. The lowest BCUT2D eigenvalue weighted by Gasteiger charge is -2.50. The molecule has 2 N–H and O–H groups in total. The lowest BCUT2D eigenvalue weighted by atomic mass is 9.69. The van der Waals surface area contributed by atoms with E-state index in [1.165, 1.54) is 19.3 Å². The van der Waals surface area contributed by atoms with Crippen molar-refractivity contribution in [2.24, 2.45) is 24.6 Å². The van der Waals surface area contributed by atoms with Gasteiger partial charge in [0.2, 0.25) is 0 Å². The second kappa shape index (κ2) is 5.63. The maximum absolute atomic E-state index is 6.17. The summed E-state index contributed by atoms with van der Waals surface area (Å²) in [7, 11) is 4.26. The monoisotopic (exact) mass is 264 g/mol. The summed E-state index contributed by atoms with van der Waals surface area (Å²) < 4.78 is 2.09. The number of likely N-dealkylation sites (N-methyl/N-ethyl adjacent to an activating group) is 1. The Morgan fingerprint density at radius 3 is 2.79 bits per heavy atom. The molecule has 3 unspecified atom stereocenters. The Hall–Kier alpha value is -0.870. The van der Waals surface area contributed by atoms with Crippen molar-refractivity contribution in [3.63, 3.8) is 0 Å². The summed E-state index contributed by atoms with van der Waals surface area (Å²) in [5.74, 6) is 2.59. The Morgan fingerprint density at radius 2 is 2.26 bits per heavy atom. The fraction of sp³-hybridized carbons (Fsp3) is 0.800. The predicted molar refractivity (Wildman–Crippen MR) is 78.6 cm³/mol. The van der Waals surface area contributed by atoms with Crippen LogP contribution in [0.4, 0.5) is 0 Å². The number of hydrogen-bond acceptors (Lipinski definition) is 3. The van der Waals surface area contributed by atoms with Crippen LogP contribution in [0.25, 0.3) is 0 Å². The van der Waals surface area contributed by atoms with Gasteiger partial charge in [0.25, 0.3) is 0 Å². The third-order valence-corrected chi connectivity index (χ3v) is 5.16. The van der Waals surface area contributed by atoms with Gasteiger partial charge < -0.3 is 10.3 Å². The summed E-state index contributed by atoms with van der Waals surface area (Å²) in [5.41, 5.74) is 6.31. The van der Waals surface area contributed by atoms with Crippen molar-refractivity contribution < 1.29 is 0 Å². The lowest BCUT2D eigenvalue weighted by molar-refractivity contribution is 0.0108. The normalized spacial score (nSPS) is 31.9. The molecule has 108 valence electrons. The van der Waals surface area contributed by atoms with Gasteiger partial charge in [-0.05, 0) is 38.1 Å². The molecular weight excluding hydrogens is 236 g/mol. The van der Waals surface area contributed by atoms with E-state index in [-0.39, 0.29) is 5.54 Å². The molecule has 0 aromatic carbocycles. The van der Waals surface area contributed by atoms with Crippen molar-refractivity contribution in [1.82, 2.24) is 14.5 Å². The molecule has 1 fully saturated rings. The highest BCUT2D eigenvalue weighted by atomic mass is 15.2. The van der Waals surface area contributed by atoms with Crippen molar-refractivity contribution in [2.45, 2.75) is 45.2 Å². The zero-order valence-electron chi connectivity index (χ0n) is 12.8. The predicted octanol–water partition coefficient (Wildman–Crippen LogP) is 2.01. The van der Waals surface area contributed by atoms with Gasteiger partial charge in [0.15, 0.2) is 0 Å². The van der Waals surface area contributed by atoms with Crippen LogP contribution in [-0.2, 0) is 13.6 Å². The smallest absolute Gasteiger partial charge is 0.122 e. The molecule has 1 heterocycles. The van der Waals surface area contributed by atoms with Gasteiger partial charge >= 0.3 is 0 Å². The number of hydrogen-bond donors (Lipinski definition) is 1. The lowest BCUT2D eigenvalue weighted by Crippen LogP contribution is -2.58. The summed E-state index contributed by atoms with van der Waals surface area (Å²) in [5, 5.41) is 0. The molecule has 1 aliphatic rings. The topological polar surface area (TPSA) is 47.1 Å². The third kappa shape index (κ3) is 2.70. The zero-order chi connectivity index (χ0) is 14.0. The van der Waals surface area contributed by atoms with Gasteiger partial charge in [0, 0.05) is 31.5 Å². The SMILES string of the molecule is CC1CCC(CN)(N(C)Cc2nccn2C)C(C)C1. The van der Waals surface area contributed by atoms with Crippen LogP contribution in [0.15, 0.2) is 12.4 Å². The van der Waals surface area contributed by atoms with E-state index in [0.29, 0.717) is 5.92 Å². The molecule has 19 heavy (non-hydrogen) atoms. The minimum absolute atomic E-state index is 0.137. The van der Waals surface area contributed by atoms with Crippen LogP contribution in [-0.4, -0.2) is 33.6 Å². The zero-order valence-corrected chi connectivity index (χ0v) is 12.8. The van der Waals surface area contributed by atoms with E-state index in [9.17, 15) is 0 Å². The second-order valence-corrected chi connectivity index (χ2v) is 6.40. The van der Waals surface area contributed by atoms with Crippen LogP contribution < -0.4 is 5.73 Å². The standard InChI is InChI=1S/C15H28N4/c1-12-5-6-15(11-16,13(2)9-12)19(4)10-14-17-7-8-18(14)3/h7-8,12-13H,5-6,9-11,16H2,1-4H3. The average molecular weight is 264 g/mol. The number of aryl methyl sites for hydroxylation is 1. The summed E-state index contributed by atoms with van der Waals surface area (Å²) in [6.07, 6.45) is 7.64. The van der Waals surface area contributed by atoms with Gasteiger partial charge in [0.1, 0.15) is 5.82 Å². The number of nitrogens with two attached hydrogens (primary N) is 1. The fourth-order valence-corrected chi connectivity index (χ4v) is 3.63. The minimum atomic E-state index is 0.137. The van der Waals surface area contributed by atoms with E-state index in [2.05, 4.69) is 42.4 Å². The highest BCUT2D eigenvalue weighted by Crippen LogP contribution is 2.40. The van der Waals surface area contributed by atoms with Crippen LogP contribution in [0, 0.1) is 11.8 Å². The molecule has 0 bridgehead atoms. The fourth-order valence-electron chi connectivity index (χ4n) is 3.63. The maximum atomic E-state index is 6.17. The van der Waals surface area contributed by atoms with E-state index in [4.69, 9.17) is 5.73 Å². The van der Waals surface area contributed by atoms with E-state index in [1.54, 1.807) is 0 Å². The van der Waals surface area contributed by atoms with Gasteiger partial charge in [0.05, 0.1) is 6.54 Å². The first-order chi connectivity index (χ1) is 8.99. The van der Waals surface area contributed by atoms with E-state index in [0.717, 1.165) is 24.8 Å². The van der Waals surface area contributed by atoms with Crippen molar-refractivity contribution in [2.75, 3.05) is 13.6 Å². The Kier molecular flexibility index (Phi) is 4.31. The number of nitrogens with zero attached hydrogens (tertiary/aromatic N) is 3. The maximum Gasteiger partial charge on any atom is 0.122 e. The van der Waals surface area contributed by atoms with Crippen LogP contribution >= 0.6 is 0 Å². The van der Waals surface area contributed by atoms with Crippen molar-refractivity contribution in [3.8, 4) is 0 Å². The Balaban J connectivity index is 2.14. The highest BCUT2D eigenvalue weighted by molar-refractivity contribution is 5.01. The number of rotatable bonds is 4. The van der Waals surface area contributed by atoms with Crippen molar-refractivity contribution in [1.29, 1.82) is 0 Å². The largest absolute Gasteiger partial charge is 0.337 e. The van der Waals surface area contributed by atoms with Gasteiger partial charge in [-0.1, -0.05) is 13.8 Å².